The molecule has 2 rings (SSSR count). The highest BCUT2D eigenvalue weighted by atomic mass is 28.4. The molecule has 0 aromatic carbocycles. The Balaban J connectivity index is 2.50. The summed E-state index contributed by atoms with van der Waals surface area (Å²) in [6, 6.07) is 0. The van der Waals surface area contributed by atoms with Gasteiger partial charge in [-0.2, -0.15) is 0 Å². The van der Waals surface area contributed by atoms with E-state index >= 15 is 0 Å². The lowest BCUT2D eigenvalue weighted by atomic mass is 10.1. The van der Waals surface area contributed by atoms with Gasteiger partial charge in [-0.3, -0.25) is 14.4 Å². The van der Waals surface area contributed by atoms with Gasteiger partial charge in [0.25, 0.3) is 0 Å². The molecule has 2 aliphatic heterocycles. The van der Waals surface area contributed by atoms with Gasteiger partial charge in [0.05, 0.1) is 0 Å². The van der Waals surface area contributed by atoms with Crippen molar-refractivity contribution in [2.24, 2.45) is 4.99 Å². The van der Waals surface area contributed by atoms with E-state index in [0.29, 0.717) is 5.90 Å². The lowest BCUT2D eigenvalue weighted by Crippen LogP contribution is -2.53. The van der Waals surface area contributed by atoms with Crippen LogP contribution in [0.15, 0.2) is 16.8 Å². The molecule has 0 N–H and O–H groups in total. The third-order valence-corrected chi connectivity index (χ3v) is 6.38. The molecule has 2 aliphatic rings. The number of rotatable bonds is 8. The molecule has 5 atom stereocenters. The molecule has 0 saturated carbocycles. The second-order valence-electron chi connectivity index (χ2n) is 10.5. The Kier molecular flexibility index (Phi) is 9.30. The summed E-state index contributed by atoms with van der Waals surface area (Å²) in [4.78, 5) is 41.8. The number of esters is 3. The van der Waals surface area contributed by atoms with Crippen molar-refractivity contribution in [1.82, 2.24) is 4.90 Å². The van der Waals surface area contributed by atoms with Crippen molar-refractivity contribution in [3.05, 3.63) is 11.8 Å². The Morgan fingerprint density at radius 1 is 0.943 bits per heavy atom. The molecule has 11 nitrogen and oxygen atoms in total. The summed E-state index contributed by atoms with van der Waals surface area (Å²) >= 11 is 0. The first-order valence-electron chi connectivity index (χ1n) is 11.5. The molecule has 0 aromatic rings. The maximum absolute atomic E-state index is 12.0. The maximum atomic E-state index is 12.0. The second-order valence-corrected chi connectivity index (χ2v) is 19.4. The fourth-order valence-electron chi connectivity index (χ4n) is 3.54. The zero-order chi connectivity index (χ0) is 26.7. The van der Waals surface area contributed by atoms with Crippen LogP contribution in [0.25, 0.3) is 0 Å². The van der Waals surface area contributed by atoms with E-state index in [1.165, 1.54) is 20.8 Å². The Bertz CT molecular complexity index is 879. The number of carbonyl (C=O) groups is 3. The van der Waals surface area contributed by atoms with Gasteiger partial charge in [-0.05, 0) is 46.2 Å². The highest BCUT2D eigenvalue weighted by molar-refractivity contribution is 6.71. The van der Waals surface area contributed by atoms with Crippen molar-refractivity contribution in [1.29, 1.82) is 0 Å². The molecule has 2 heterocycles. The summed E-state index contributed by atoms with van der Waals surface area (Å²) in [5.74, 6) is -1.21. The first-order chi connectivity index (χ1) is 16.0. The van der Waals surface area contributed by atoms with Gasteiger partial charge in [0.2, 0.25) is 20.6 Å². The van der Waals surface area contributed by atoms with Crippen LogP contribution in [0.1, 0.15) is 27.7 Å². The van der Waals surface area contributed by atoms with Gasteiger partial charge >= 0.3 is 17.9 Å². The molecular weight excluding hydrogens is 492 g/mol. The molecule has 198 valence electrons. The molecule has 0 amide bonds. The molecule has 1 fully saturated rings. The van der Waals surface area contributed by atoms with Gasteiger partial charge in [0.1, 0.15) is 12.7 Å². The predicted octanol–water partition coefficient (Wildman–Crippen LogP) is 2.74. The van der Waals surface area contributed by atoms with Gasteiger partial charge in [-0.15, -0.1) is 0 Å². The fraction of sp³-hybridized carbons (Fsp3) is 0.727. The van der Waals surface area contributed by atoms with Crippen molar-refractivity contribution in [2.45, 2.75) is 97.9 Å². The van der Waals surface area contributed by atoms with E-state index in [1.54, 1.807) is 11.1 Å². The third-order valence-electron chi connectivity index (χ3n) is 4.66. The smallest absolute Gasteiger partial charge is 0.303 e. The van der Waals surface area contributed by atoms with Crippen molar-refractivity contribution in [2.75, 3.05) is 6.61 Å². The summed E-state index contributed by atoms with van der Waals surface area (Å²) < 4.78 is 34.9. The van der Waals surface area contributed by atoms with Gasteiger partial charge in [0, 0.05) is 32.5 Å². The van der Waals surface area contributed by atoms with Crippen LogP contribution < -0.4 is 0 Å². The van der Waals surface area contributed by atoms with Crippen LogP contribution >= 0.6 is 0 Å². The van der Waals surface area contributed by atoms with Gasteiger partial charge < -0.3 is 32.7 Å². The zero-order valence-corrected chi connectivity index (χ0v) is 24.2. The molecule has 1 unspecified atom stereocenters. The van der Waals surface area contributed by atoms with Crippen LogP contribution in [0.2, 0.25) is 39.3 Å². The lowest BCUT2D eigenvalue weighted by molar-refractivity contribution is -0.170. The molecule has 0 aromatic heterocycles. The number of hydrogen-bond donors (Lipinski definition) is 0. The van der Waals surface area contributed by atoms with E-state index in [1.807, 2.05) is 26.6 Å². The van der Waals surface area contributed by atoms with E-state index in [9.17, 15) is 14.4 Å². The molecular formula is C22H38N2O9Si2. The Morgan fingerprint density at radius 2 is 1.51 bits per heavy atom. The third kappa shape index (κ3) is 8.74. The summed E-state index contributed by atoms with van der Waals surface area (Å²) in [6.45, 7) is 17.7. The number of nitrogens with zero attached hydrogens (tertiary/aromatic N) is 2. The fourth-order valence-corrected chi connectivity index (χ4v) is 5.14. The summed E-state index contributed by atoms with van der Waals surface area (Å²) in [7, 11) is -4.10. The maximum Gasteiger partial charge on any atom is 0.303 e. The van der Waals surface area contributed by atoms with Crippen LogP contribution in [0.4, 0.5) is 0 Å². The quantitative estimate of drug-likeness (QED) is 0.263. The van der Waals surface area contributed by atoms with E-state index in [-0.39, 0.29) is 6.61 Å². The average molecular weight is 531 g/mol. The predicted molar refractivity (Wildman–Crippen MR) is 132 cm³/mol. The van der Waals surface area contributed by atoms with E-state index in [4.69, 9.17) is 32.8 Å². The molecule has 1 saturated heterocycles. The van der Waals surface area contributed by atoms with Crippen molar-refractivity contribution in [3.63, 3.8) is 0 Å². The molecule has 0 aliphatic carbocycles. The molecule has 13 heteroatoms. The van der Waals surface area contributed by atoms with Crippen LogP contribution in [-0.2, 0) is 42.2 Å². The minimum atomic E-state index is -2.13. The second kappa shape index (κ2) is 11.2. The molecule has 0 spiro atoms. The highest BCUT2D eigenvalue weighted by Crippen LogP contribution is 2.34. The Hall–Kier alpha value is -2.23. The van der Waals surface area contributed by atoms with Crippen LogP contribution in [0, 0.1) is 0 Å². The summed E-state index contributed by atoms with van der Waals surface area (Å²) in [5.41, 5.74) is 0.737. The number of ether oxygens (including phenoxy) is 4. The molecule has 35 heavy (non-hydrogen) atoms. The van der Waals surface area contributed by atoms with Crippen molar-refractivity contribution < 1.29 is 42.2 Å². The summed E-state index contributed by atoms with van der Waals surface area (Å²) in [5, 5.41) is 0. The standard InChI is InChI=1S/C22H38N2O9Si2/c1-13-11-24(22(33-35(8,9)10)23-20(13)32-34(5,6)7)21-19(30-16(4)27)18(29-15(3)26)17(31-21)12-28-14(2)25/h11,17-19,21-22H,12H2,1-10H3/t17-,18-,19-,21-,22?/m1/s1. The lowest BCUT2D eigenvalue weighted by Gasteiger charge is -2.40. The topological polar surface area (TPSA) is 122 Å². The van der Waals surface area contributed by atoms with E-state index < -0.39 is 65.4 Å². The first kappa shape index (κ1) is 29.0. The van der Waals surface area contributed by atoms with Gasteiger partial charge in [-0.1, -0.05) is 0 Å². The molecule has 0 radical (unpaired) electrons. The van der Waals surface area contributed by atoms with Crippen LogP contribution in [0.5, 0.6) is 0 Å². The summed E-state index contributed by atoms with van der Waals surface area (Å²) in [6.07, 6.45) is -2.88. The Labute approximate surface area is 209 Å². The number of aliphatic imine (C=N–C) groups is 1. The largest absolute Gasteiger partial charge is 0.531 e. The Morgan fingerprint density at radius 3 is 2.00 bits per heavy atom. The van der Waals surface area contributed by atoms with Crippen LogP contribution in [0.3, 0.4) is 0 Å². The zero-order valence-electron chi connectivity index (χ0n) is 22.2. The number of carbonyl (C=O) groups excluding carboxylic acids is 3. The average Bonchev–Trinajstić information content (AvgIpc) is 2.96. The highest BCUT2D eigenvalue weighted by Gasteiger charge is 2.53. The minimum Gasteiger partial charge on any atom is -0.531 e. The minimum absolute atomic E-state index is 0.190. The van der Waals surface area contributed by atoms with Crippen molar-refractivity contribution in [3.8, 4) is 0 Å². The first-order valence-corrected chi connectivity index (χ1v) is 18.3. The van der Waals surface area contributed by atoms with Gasteiger partial charge in [-0.25, -0.2) is 4.99 Å². The van der Waals surface area contributed by atoms with Crippen LogP contribution in [-0.4, -0.2) is 82.8 Å². The normalized spacial score (nSPS) is 27.0. The van der Waals surface area contributed by atoms with Gasteiger partial charge in [0.15, 0.2) is 26.8 Å². The SMILES string of the molecule is CC(=O)OC[C@H]1O[C@@H](N2C=C(C)C(O[Si](C)(C)C)=NC2O[Si](C)(C)C)[C@H](OC(C)=O)[C@@H]1OC(C)=O. The number of hydrogen-bond acceptors (Lipinski definition) is 11. The van der Waals surface area contributed by atoms with E-state index in [0.717, 1.165) is 5.57 Å². The van der Waals surface area contributed by atoms with E-state index in [2.05, 4.69) is 19.6 Å². The van der Waals surface area contributed by atoms with Crippen molar-refractivity contribution >= 4 is 40.4 Å². The molecule has 0 bridgehead atoms. The monoisotopic (exact) mass is 530 g/mol.